The number of cyclic esters (lactones) is 1. The van der Waals surface area contributed by atoms with Crippen LogP contribution in [0.2, 0.25) is 0 Å². The molecule has 388 valence electrons. The Balaban J connectivity index is 1.37. The van der Waals surface area contributed by atoms with Crippen LogP contribution in [0.5, 0.6) is 0 Å². The number of carbonyl (C=O) groups is 1. The standard InChI is InChI=1S/C51H88N6O11/c1-14-41-51(10,62)45(58)35(6)56(12)29-31(2)27-49(8,61)47(33(4)44(34(5)48(60)66-41)67-43-28-50(9,63-13)46(59)36(7)65-43)68-42-26-40(25-32(3)64-42)55(11)24-22-39-30-57(54-53-39)23-16-15-17-37-18-20-38(52)21-19-37/h18-21,30-36,40-47,58-59,61-62H,14-17,22-29,52H2,1-13H3/t31-,32-,33+,34-,35-,36+,40+,41-,42+,43+,44+,45-,46+,47-,49-,50-,51-/m1/s1. The van der Waals surface area contributed by atoms with Crippen molar-refractivity contribution >= 4 is 11.7 Å². The van der Waals surface area contributed by atoms with Crippen LogP contribution in [0.4, 0.5) is 5.69 Å². The Kier molecular flexibility index (Phi) is 19.9. The summed E-state index contributed by atoms with van der Waals surface area (Å²) in [5.74, 6) is -2.42. The number of hydrogen-bond donors (Lipinski definition) is 5. The Labute approximate surface area is 406 Å². The van der Waals surface area contributed by atoms with E-state index >= 15 is 0 Å². The molecule has 0 aliphatic carbocycles. The largest absolute Gasteiger partial charge is 0.459 e. The second-order valence-electron chi connectivity index (χ2n) is 21.5. The van der Waals surface area contributed by atoms with Crippen LogP contribution in [0.15, 0.2) is 30.5 Å². The summed E-state index contributed by atoms with van der Waals surface area (Å²) in [6.07, 6.45) is 0.130. The topological polar surface area (TPSA) is 217 Å². The van der Waals surface area contributed by atoms with Gasteiger partial charge >= 0.3 is 5.97 Å². The van der Waals surface area contributed by atoms with Gasteiger partial charge in [0.05, 0.1) is 47.2 Å². The number of benzene rings is 1. The van der Waals surface area contributed by atoms with E-state index in [0.717, 1.165) is 56.6 Å². The molecule has 0 bridgehead atoms. The van der Waals surface area contributed by atoms with Crippen molar-refractivity contribution in [3.8, 4) is 0 Å². The zero-order valence-corrected chi connectivity index (χ0v) is 43.4. The number of aliphatic hydroxyl groups excluding tert-OH is 2. The fourth-order valence-corrected chi connectivity index (χ4v) is 10.9. The summed E-state index contributed by atoms with van der Waals surface area (Å²) in [5, 5.41) is 56.3. The molecule has 3 saturated heterocycles. The van der Waals surface area contributed by atoms with E-state index in [4.69, 9.17) is 34.2 Å². The summed E-state index contributed by atoms with van der Waals surface area (Å²) >= 11 is 0. The zero-order chi connectivity index (χ0) is 50.3. The molecule has 5 rings (SSSR count). The van der Waals surface area contributed by atoms with Gasteiger partial charge < -0.3 is 64.4 Å². The predicted molar refractivity (Wildman–Crippen MR) is 259 cm³/mol. The van der Waals surface area contributed by atoms with Gasteiger partial charge in [0.2, 0.25) is 0 Å². The molecule has 17 heteroatoms. The van der Waals surface area contributed by atoms with Gasteiger partial charge in [0, 0.05) is 75.9 Å². The van der Waals surface area contributed by atoms with Crippen molar-refractivity contribution < 1.29 is 53.6 Å². The fourth-order valence-electron chi connectivity index (χ4n) is 10.9. The van der Waals surface area contributed by atoms with E-state index in [0.29, 0.717) is 13.0 Å². The van der Waals surface area contributed by atoms with Crippen LogP contribution in [0.3, 0.4) is 0 Å². The van der Waals surface area contributed by atoms with Crippen molar-refractivity contribution in [3.63, 3.8) is 0 Å². The number of methoxy groups -OCH3 is 1. The Hall–Kier alpha value is -2.81. The molecule has 6 N–H and O–H groups in total. The molecule has 1 aromatic heterocycles. The molecule has 0 saturated carbocycles. The highest BCUT2D eigenvalue weighted by Gasteiger charge is 2.52. The second kappa shape index (κ2) is 24.1. The molecule has 0 unspecified atom stereocenters. The highest BCUT2D eigenvalue weighted by molar-refractivity contribution is 5.73. The normalized spacial score (nSPS) is 39.6. The van der Waals surface area contributed by atoms with Crippen molar-refractivity contribution in [2.24, 2.45) is 17.8 Å². The predicted octanol–water partition coefficient (Wildman–Crippen LogP) is 4.74. The molecule has 3 aliphatic rings. The number of hydrogen-bond acceptors (Lipinski definition) is 16. The minimum Gasteiger partial charge on any atom is -0.459 e. The molecule has 3 fully saturated rings. The molecule has 17 nitrogen and oxygen atoms in total. The van der Waals surface area contributed by atoms with Gasteiger partial charge in [-0.2, -0.15) is 0 Å². The smallest absolute Gasteiger partial charge is 0.311 e. The quantitative estimate of drug-likeness (QED) is 0.0926. The van der Waals surface area contributed by atoms with Crippen molar-refractivity contribution in [1.29, 1.82) is 0 Å². The van der Waals surface area contributed by atoms with E-state index in [1.54, 1.807) is 34.6 Å². The maximum Gasteiger partial charge on any atom is 0.311 e. The summed E-state index contributed by atoms with van der Waals surface area (Å²) in [5.41, 5.74) is 4.51. The van der Waals surface area contributed by atoms with Crippen LogP contribution < -0.4 is 5.73 Å². The first-order valence-corrected chi connectivity index (χ1v) is 25.2. The number of rotatable bonds is 15. The van der Waals surface area contributed by atoms with Crippen LogP contribution in [-0.4, -0.2) is 170 Å². The number of aliphatic hydroxyl groups is 4. The molecule has 17 atom stereocenters. The van der Waals surface area contributed by atoms with E-state index in [1.165, 1.54) is 19.6 Å². The average molecular weight is 961 g/mol. The lowest BCUT2D eigenvalue weighted by molar-refractivity contribution is -0.308. The molecule has 68 heavy (non-hydrogen) atoms. The maximum absolute atomic E-state index is 14.5. The van der Waals surface area contributed by atoms with Crippen molar-refractivity contribution in [1.82, 2.24) is 24.8 Å². The number of unbranched alkanes of at least 4 members (excludes halogenated alkanes) is 1. The number of likely N-dealkylation sites (N-methyl/N-ethyl adjacent to an activating group) is 2. The summed E-state index contributed by atoms with van der Waals surface area (Å²) in [4.78, 5) is 18.7. The summed E-state index contributed by atoms with van der Waals surface area (Å²) in [6.45, 7) is 20.1. The minimum absolute atomic E-state index is 0.0881. The van der Waals surface area contributed by atoms with Gasteiger partial charge in [0.25, 0.3) is 0 Å². The Morgan fingerprint density at radius 3 is 2.28 bits per heavy atom. The summed E-state index contributed by atoms with van der Waals surface area (Å²) in [6, 6.07) is 7.60. The third-order valence-electron chi connectivity index (χ3n) is 15.4. The van der Waals surface area contributed by atoms with Gasteiger partial charge in [-0.3, -0.25) is 9.48 Å². The number of nitrogen functional groups attached to an aromatic ring is 1. The average Bonchev–Trinajstić information content (AvgIpc) is 3.75. The first-order chi connectivity index (χ1) is 31.9. The van der Waals surface area contributed by atoms with Gasteiger partial charge in [-0.25, -0.2) is 0 Å². The number of aromatic nitrogens is 3. The number of nitrogens with two attached hydrogens (primary N) is 1. The number of anilines is 1. The van der Waals surface area contributed by atoms with Crippen LogP contribution in [0.1, 0.15) is 125 Å². The van der Waals surface area contributed by atoms with Crippen LogP contribution >= 0.6 is 0 Å². The van der Waals surface area contributed by atoms with Crippen LogP contribution in [-0.2, 0) is 52.6 Å². The molecule has 0 amide bonds. The molecular formula is C51H88N6O11. The van der Waals surface area contributed by atoms with E-state index in [1.807, 2.05) is 62.7 Å². The third-order valence-corrected chi connectivity index (χ3v) is 15.4. The third kappa shape index (κ3) is 14.2. The first kappa shape index (κ1) is 56.1. The lowest BCUT2D eigenvalue weighted by atomic mass is 9.77. The van der Waals surface area contributed by atoms with Crippen LogP contribution in [0.25, 0.3) is 0 Å². The van der Waals surface area contributed by atoms with Gasteiger partial charge in [-0.05, 0) is 125 Å². The van der Waals surface area contributed by atoms with Gasteiger partial charge in [0.1, 0.15) is 23.9 Å². The molecule has 1 aromatic carbocycles. The molecule has 0 spiro atoms. The van der Waals surface area contributed by atoms with E-state index in [-0.39, 0.29) is 37.3 Å². The van der Waals surface area contributed by atoms with E-state index < -0.39 is 89.9 Å². The van der Waals surface area contributed by atoms with Crippen molar-refractivity contribution in [3.05, 3.63) is 41.7 Å². The van der Waals surface area contributed by atoms with Crippen LogP contribution in [0, 0.1) is 17.8 Å². The molecule has 0 radical (unpaired) electrons. The van der Waals surface area contributed by atoms with Crippen molar-refractivity contribution in [2.45, 2.75) is 218 Å². The van der Waals surface area contributed by atoms with E-state index in [2.05, 4.69) is 34.4 Å². The number of esters is 1. The summed E-state index contributed by atoms with van der Waals surface area (Å²) < 4.78 is 40.6. The number of carbonyl (C=O) groups excluding carboxylic acids is 1. The monoisotopic (exact) mass is 961 g/mol. The number of ether oxygens (including phenoxy) is 6. The van der Waals surface area contributed by atoms with Gasteiger partial charge in [0.15, 0.2) is 12.6 Å². The van der Waals surface area contributed by atoms with E-state index in [9.17, 15) is 25.2 Å². The molecule has 4 heterocycles. The fraction of sp³-hybridized carbons (Fsp3) is 0.824. The Morgan fingerprint density at radius 2 is 1.62 bits per heavy atom. The summed E-state index contributed by atoms with van der Waals surface area (Å²) in [7, 11) is 5.51. The Bertz CT molecular complexity index is 1850. The number of nitrogens with zero attached hydrogens (tertiary/aromatic N) is 5. The highest BCUT2D eigenvalue weighted by atomic mass is 16.7. The highest BCUT2D eigenvalue weighted by Crippen LogP contribution is 2.40. The molecule has 3 aliphatic heterocycles. The minimum atomic E-state index is -1.80. The first-order valence-electron chi connectivity index (χ1n) is 25.2. The molecular weight excluding hydrogens is 873 g/mol. The SMILES string of the molecule is CC[C@H]1OC(=O)[C@H](C)[C@@H](O[C@H]2C[C@@](C)(OC)[C@@H](O)[C@H](C)O2)[C@H](C)[C@@H](O[C@H]2C[C@@H](N(C)CCc3cn(CCCCc4ccc(N)cc4)nn3)C[C@@H](C)O2)[C@](C)(O)C[C@@H](C)CN(C)[C@H](C)[C@@H](O)[C@]1(C)O. The Morgan fingerprint density at radius 1 is 0.926 bits per heavy atom. The van der Waals surface area contributed by atoms with Gasteiger partial charge in [-0.15, -0.1) is 5.10 Å². The second-order valence-corrected chi connectivity index (χ2v) is 21.5. The van der Waals surface area contributed by atoms with Gasteiger partial charge in [-0.1, -0.05) is 38.1 Å². The van der Waals surface area contributed by atoms with Crippen molar-refractivity contribution in [2.75, 3.05) is 40.0 Å². The zero-order valence-electron chi connectivity index (χ0n) is 43.4. The maximum atomic E-state index is 14.5. The lowest BCUT2D eigenvalue weighted by Crippen LogP contribution is -2.59. The molecule has 2 aromatic rings. The number of aryl methyl sites for hydroxylation is 2. The lowest BCUT2D eigenvalue weighted by Gasteiger charge is -2.48.